The van der Waals surface area contributed by atoms with Crippen molar-refractivity contribution in [3.8, 4) is 0 Å². The van der Waals surface area contributed by atoms with Crippen molar-refractivity contribution in [1.29, 1.82) is 0 Å². The van der Waals surface area contributed by atoms with Gasteiger partial charge in [-0.3, -0.25) is 4.66 Å². The SMILES string of the molecule is CC[Si](N=C=S)(c1ccccc1)c1ccccc1. The predicted octanol–water partition coefficient (Wildman–Crippen LogP) is 2.87. The van der Waals surface area contributed by atoms with Gasteiger partial charge in [0.1, 0.15) is 0 Å². The summed E-state index contributed by atoms with van der Waals surface area (Å²) in [6, 6.07) is 21.9. The van der Waals surface area contributed by atoms with Crippen molar-refractivity contribution in [1.82, 2.24) is 0 Å². The highest BCUT2D eigenvalue weighted by atomic mass is 32.1. The molecule has 0 aliphatic rings. The van der Waals surface area contributed by atoms with Gasteiger partial charge in [0.05, 0.1) is 0 Å². The monoisotopic (exact) mass is 269 g/mol. The molecule has 0 spiro atoms. The van der Waals surface area contributed by atoms with E-state index in [9.17, 15) is 0 Å². The Bertz CT molecular complexity index is 508. The van der Waals surface area contributed by atoms with E-state index in [4.69, 9.17) is 12.2 Å². The largest absolute Gasteiger partial charge is 0.262 e. The molecule has 0 heterocycles. The first-order valence-electron chi connectivity index (χ1n) is 6.03. The first kappa shape index (κ1) is 12.9. The maximum Gasteiger partial charge on any atom is 0.255 e. The Kier molecular flexibility index (Phi) is 4.21. The molecule has 18 heavy (non-hydrogen) atoms. The van der Waals surface area contributed by atoms with E-state index in [1.807, 2.05) is 12.1 Å². The Hall–Kier alpha value is -1.54. The smallest absolute Gasteiger partial charge is 0.255 e. The first-order chi connectivity index (χ1) is 8.83. The molecule has 1 nitrogen and oxygen atoms in total. The Morgan fingerprint density at radius 2 is 1.39 bits per heavy atom. The number of rotatable bonds is 4. The first-order valence-corrected chi connectivity index (χ1v) is 8.60. The van der Waals surface area contributed by atoms with Gasteiger partial charge in [0, 0.05) is 5.16 Å². The standard InChI is InChI=1S/C15H15NSSi/c1-2-18(16-13-17,14-9-5-3-6-10-14)15-11-7-4-8-12-15/h3-12H,2H2,1H3. The van der Waals surface area contributed by atoms with Crippen molar-refractivity contribution in [2.24, 2.45) is 4.66 Å². The Morgan fingerprint density at radius 3 is 1.72 bits per heavy atom. The summed E-state index contributed by atoms with van der Waals surface area (Å²) < 4.78 is 4.62. The topological polar surface area (TPSA) is 12.4 Å². The lowest BCUT2D eigenvalue weighted by molar-refractivity contribution is 1.36. The summed E-state index contributed by atoms with van der Waals surface area (Å²) in [5.41, 5.74) is 0. The van der Waals surface area contributed by atoms with E-state index in [1.54, 1.807) is 0 Å². The average Bonchev–Trinajstić information content (AvgIpc) is 2.47. The van der Waals surface area contributed by atoms with Crippen LogP contribution in [0.1, 0.15) is 6.92 Å². The molecule has 3 heteroatoms. The van der Waals surface area contributed by atoms with E-state index in [-0.39, 0.29) is 0 Å². The lowest BCUT2D eigenvalue weighted by atomic mass is 10.4. The predicted molar refractivity (Wildman–Crippen MR) is 83.4 cm³/mol. The van der Waals surface area contributed by atoms with Crippen LogP contribution in [0.4, 0.5) is 0 Å². The quantitative estimate of drug-likeness (QED) is 0.472. The molecular formula is C15H15NSSi. The Balaban J connectivity index is 2.65. The maximum atomic E-state index is 4.88. The van der Waals surface area contributed by atoms with Crippen LogP contribution in [0.15, 0.2) is 65.3 Å². The molecule has 2 rings (SSSR count). The third-order valence-electron chi connectivity index (χ3n) is 3.25. The summed E-state index contributed by atoms with van der Waals surface area (Å²) in [5.74, 6) is 0. The number of nitrogens with zero attached hydrogens (tertiary/aromatic N) is 1. The lowest BCUT2D eigenvalue weighted by Gasteiger charge is -2.25. The van der Waals surface area contributed by atoms with E-state index in [1.165, 1.54) is 10.4 Å². The van der Waals surface area contributed by atoms with Crippen LogP contribution in [0.25, 0.3) is 0 Å². The zero-order valence-corrected chi connectivity index (χ0v) is 12.2. The molecule has 0 bridgehead atoms. The van der Waals surface area contributed by atoms with Gasteiger partial charge in [-0.1, -0.05) is 67.6 Å². The number of isothiocyanates is 1. The zero-order valence-electron chi connectivity index (χ0n) is 10.3. The second-order valence-electron chi connectivity index (χ2n) is 4.15. The zero-order chi connectivity index (χ0) is 12.8. The van der Waals surface area contributed by atoms with E-state index in [0.717, 1.165) is 6.04 Å². The molecular weight excluding hydrogens is 254 g/mol. The summed E-state index contributed by atoms with van der Waals surface area (Å²) in [6.45, 7) is 2.18. The fourth-order valence-corrected chi connectivity index (χ4v) is 5.97. The molecule has 0 unspecified atom stereocenters. The number of benzene rings is 2. The molecule has 0 saturated heterocycles. The number of thiocarbonyl (C=S) groups is 1. The second-order valence-corrected chi connectivity index (χ2v) is 8.14. The molecule has 0 atom stereocenters. The van der Waals surface area contributed by atoms with Crippen LogP contribution < -0.4 is 10.4 Å². The molecule has 2 aromatic rings. The van der Waals surface area contributed by atoms with Gasteiger partial charge in [0.15, 0.2) is 0 Å². The average molecular weight is 269 g/mol. The van der Waals surface area contributed by atoms with Crippen molar-refractivity contribution in [2.45, 2.75) is 13.0 Å². The van der Waals surface area contributed by atoms with Crippen molar-refractivity contribution in [3.05, 3.63) is 60.7 Å². The van der Waals surface area contributed by atoms with Gasteiger partial charge in [-0.25, -0.2) is 0 Å². The second kappa shape index (κ2) is 5.87. The van der Waals surface area contributed by atoms with Crippen molar-refractivity contribution >= 4 is 36.0 Å². The summed E-state index contributed by atoms with van der Waals surface area (Å²) >= 11 is 4.88. The molecule has 0 saturated carbocycles. The van der Waals surface area contributed by atoms with E-state index >= 15 is 0 Å². The molecule has 0 aliphatic carbocycles. The molecule has 0 amide bonds. The lowest BCUT2D eigenvalue weighted by Crippen LogP contribution is -2.56. The Labute approximate surface area is 114 Å². The molecule has 0 aromatic heterocycles. The van der Waals surface area contributed by atoms with Gasteiger partial charge in [-0.15, -0.1) is 0 Å². The fourth-order valence-electron chi connectivity index (χ4n) is 2.29. The minimum atomic E-state index is -2.11. The highest BCUT2D eigenvalue weighted by Crippen LogP contribution is 2.12. The Morgan fingerprint density at radius 1 is 0.944 bits per heavy atom. The molecule has 90 valence electrons. The van der Waals surface area contributed by atoms with Gasteiger partial charge in [-0.05, 0) is 28.6 Å². The van der Waals surface area contributed by atoms with E-state index < -0.39 is 8.24 Å². The molecule has 0 fully saturated rings. The van der Waals surface area contributed by atoms with Gasteiger partial charge < -0.3 is 0 Å². The molecule has 2 aromatic carbocycles. The fraction of sp³-hybridized carbons (Fsp3) is 0.133. The van der Waals surface area contributed by atoms with Crippen LogP contribution in [0, 0.1) is 0 Å². The van der Waals surface area contributed by atoms with E-state index in [0.29, 0.717) is 0 Å². The van der Waals surface area contributed by atoms with Crippen LogP contribution in [0.2, 0.25) is 6.04 Å². The van der Waals surface area contributed by atoms with Gasteiger partial charge >= 0.3 is 0 Å². The van der Waals surface area contributed by atoms with Gasteiger partial charge in [0.25, 0.3) is 8.24 Å². The minimum Gasteiger partial charge on any atom is -0.262 e. The highest BCUT2D eigenvalue weighted by molar-refractivity contribution is 7.78. The minimum absolute atomic E-state index is 0.991. The van der Waals surface area contributed by atoms with Crippen LogP contribution in [-0.4, -0.2) is 13.4 Å². The third kappa shape index (κ3) is 2.34. The van der Waals surface area contributed by atoms with Crippen LogP contribution in [-0.2, 0) is 0 Å². The number of hydrogen-bond acceptors (Lipinski definition) is 2. The molecule has 0 aliphatic heterocycles. The van der Waals surface area contributed by atoms with Crippen molar-refractivity contribution in [2.75, 3.05) is 0 Å². The van der Waals surface area contributed by atoms with Crippen molar-refractivity contribution in [3.63, 3.8) is 0 Å². The highest BCUT2D eigenvalue weighted by Gasteiger charge is 2.35. The summed E-state index contributed by atoms with van der Waals surface area (Å²) in [5, 5.41) is 5.20. The third-order valence-corrected chi connectivity index (χ3v) is 7.60. The van der Waals surface area contributed by atoms with Crippen LogP contribution >= 0.6 is 12.2 Å². The van der Waals surface area contributed by atoms with E-state index in [2.05, 4.69) is 65.3 Å². The number of hydrogen-bond donors (Lipinski definition) is 0. The molecule has 0 N–H and O–H groups in total. The summed E-state index contributed by atoms with van der Waals surface area (Å²) in [7, 11) is -2.11. The summed E-state index contributed by atoms with van der Waals surface area (Å²) in [6.07, 6.45) is 0. The van der Waals surface area contributed by atoms with Gasteiger partial charge in [0.2, 0.25) is 0 Å². The van der Waals surface area contributed by atoms with Crippen LogP contribution in [0.3, 0.4) is 0 Å². The maximum absolute atomic E-state index is 4.88. The van der Waals surface area contributed by atoms with Crippen LogP contribution in [0.5, 0.6) is 0 Å². The normalized spacial score (nSPS) is 10.7. The van der Waals surface area contributed by atoms with Crippen molar-refractivity contribution < 1.29 is 0 Å². The molecule has 0 radical (unpaired) electrons. The summed E-state index contributed by atoms with van der Waals surface area (Å²) in [4.78, 5) is 0. The van der Waals surface area contributed by atoms with Gasteiger partial charge in [-0.2, -0.15) is 0 Å².